The molecule has 17 heavy (non-hydrogen) atoms. The second kappa shape index (κ2) is 3.77. The second-order valence-corrected chi connectivity index (χ2v) is 4.41. The highest BCUT2D eigenvalue weighted by molar-refractivity contribution is 5.84. The number of nitrogens with one attached hydrogen (secondary N) is 1. The molecule has 0 spiro atoms. The molecular formula is C11H14N4O2. The maximum atomic E-state index is 11.3. The largest absolute Gasteiger partial charge is 0.480 e. The number of nitrogens with zero attached hydrogens (tertiary/aromatic N) is 3. The lowest BCUT2D eigenvalue weighted by Gasteiger charge is -2.38. The third-order valence-electron chi connectivity index (χ3n) is 3.31. The number of hydrogen-bond donors (Lipinski definition) is 2. The Bertz CT molecular complexity index is 508. The SMILES string of the molecule is Cc1nn(C)c(NC2(C(=O)O)CCC2)c1C#N. The first-order valence-electron chi connectivity index (χ1n) is 5.45. The van der Waals surface area contributed by atoms with Gasteiger partial charge in [-0.3, -0.25) is 4.68 Å². The first-order valence-corrected chi connectivity index (χ1v) is 5.45. The number of carboxylic acid groups (broad SMARTS) is 1. The van der Waals surface area contributed by atoms with Crippen LogP contribution in [0.25, 0.3) is 0 Å². The van der Waals surface area contributed by atoms with E-state index >= 15 is 0 Å². The smallest absolute Gasteiger partial charge is 0.329 e. The molecule has 0 radical (unpaired) electrons. The molecule has 2 N–H and O–H groups in total. The number of aryl methyl sites for hydroxylation is 2. The second-order valence-electron chi connectivity index (χ2n) is 4.41. The van der Waals surface area contributed by atoms with Crippen LogP contribution in [0.2, 0.25) is 0 Å². The molecule has 6 nitrogen and oxygen atoms in total. The van der Waals surface area contributed by atoms with Gasteiger partial charge in [0.15, 0.2) is 0 Å². The number of carbonyl (C=O) groups is 1. The van der Waals surface area contributed by atoms with E-state index in [1.54, 1.807) is 14.0 Å². The van der Waals surface area contributed by atoms with Crippen molar-refractivity contribution in [3.05, 3.63) is 11.3 Å². The van der Waals surface area contributed by atoms with Gasteiger partial charge in [0.1, 0.15) is 23.0 Å². The molecular weight excluding hydrogens is 220 g/mol. The number of aliphatic carboxylic acids is 1. The van der Waals surface area contributed by atoms with Crippen LogP contribution in [0.4, 0.5) is 5.82 Å². The number of anilines is 1. The summed E-state index contributed by atoms with van der Waals surface area (Å²) in [5.41, 5.74) is 0.101. The van der Waals surface area contributed by atoms with E-state index in [2.05, 4.69) is 16.5 Å². The van der Waals surface area contributed by atoms with E-state index < -0.39 is 11.5 Å². The highest BCUT2D eigenvalue weighted by atomic mass is 16.4. The molecule has 0 bridgehead atoms. The van der Waals surface area contributed by atoms with E-state index in [1.165, 1.54) is 4.68 Å². The van der Waals surface area contributed by atoms with Crippen LogP contribution in [0, 0.1) is 18.3 Å². The van der Waals surface area contributed by atoms with Gasteiger partial charge >= 0.3 is 5.97 Å². The van der Waals surface area contributed by atoms with Crippen molar-refractivity contribution in [2.75, 3.05) is 5.32 Å². The Kier molecular flexibility index (Phi) is 2.54. The molecule has 1 aromatic heterocycles. The lowest BCUT2D eigenvalue weighted by molar-refractivity contribution is -0.145. The van der Waals surface area contributed by atoms with E-state index in [9.17, 15) is 9.90 Å². The number of aromatic nitrogens is 2. The lowest BCUT2D eigenvalue weighted by Crippen LogP contribution is -2.52. The monoisotopic (exact) mass is 234 g/mol. The Hall–Kier alpha value is -2.03. The fraction of sp³-hybridized carbons (Fsp3) is 0.545. The van der Waals surface area contributed by atoms with Crippen LogP contribution in [0.15, 0.2) is 0 Å². The minimum atomic E-state index is -0.925. The maximum absolute atomic E-state index is 11.3. The first-order chi connectivity index (χ1) is 8.00. The predicted molar refractivity (Wildman–Crippen MR) is 60.5 cm³/mol. The van der Waals surface area contributed by atoms with Gasteiger partial charge in [0.2, 0.25) is 0 Å². The quantitative estimate of drug-likeness (QED) is 0.814. The van der Waals surface area contributed by atoms with Crippen molar-refractivity contribution in [3.8, 4) is 6.07 Å². The van der Waals surface area contributed by atoms with Crippen LogP contribution in [-0.4, -0.2) is 26.4 Å². The van der Waals surface area contributed by atoms with Gasteiger partial charge < -0.3 is 10.4 Å². The minimum Gasteiger partial charge on any atom is -0.480 e. The van der Waals surface area contributed by atoms with Crippen LogP contribution in [0.5, 0.6) is 0 Å². The Morgan fingerprint density at radius 1 is 1.65 bits per heavy atom. The molecule has 0 atom stereocenters. The Labute approximate surface area is 98.9 Å². The predicted octanol–water partition coefficient (Wildman–Crippen LogP) is 1.02. The Balaban J connectivity index is 2.36. The molecule has 2 rings (SSSR count). The van der Waals surface area contributed by atoms with E-state index in [4.69, 9.17) is 5.26 Å². The summed E-state index contributed by atoms with van der Waals surface area (Å²) in [5.74, 6) is -0.376. The van der Waals surface area contributed by atoms with Gasteiger partial charge in [0.05, 0.1) is 5.69 Å². The van der Waals surface area contributed by atoms with Gasteiger partial charge in [-0.15, -0.1) is 0 Å². The summed E-state index contributed by atoms with van der Waals surface area (Å²) in [6, 6.07) is 2.06. The molecule has 1 heterocycles. The van der Waals surface area contributed by atoms with E-state index in [0.29, 0.717) is 29.9 Å². The molecule has 1 saturated carbocycles. The van der Waals surface area contributed by atoms with Gasteiger partial charge in [-0.1, -0.05) is 0 Å². The van der Waals surface area contributed by atoms with Crippen molar-refractivity contribution in [3.63, 3.8) is 0 Å². The third kappa shape index (κ3) is 1.64. The van der Waals surface area contributed by atoms with Gasteiger partial charge in [0.25, 0.3) is 0 Å². The van der Waals surface area contributed by atoms with Crippen molar-refractivity contribution in [2.45, 2.75) is 31.7 Å². The Morgan fingerprint density at radius 3 is 2.71 bits per heavy atom. The summed E-state index contributed by atoms with van der Waals surface area (Å²) in [7, 11) is 1.70. The highest BCUT2D eigenvalue weighted by Gasteiger charge is 2.45. The molecule has 1 aliphatic rings. The van der Waals surface area contributed by atoms with Crippen LogP contribution in [-0.2, 0) is 11.8 Å². The van der Waals surface area contributed by atoms with Gasteiger partial charge in [-0.25, -0.2) is 4.79 Å². The maximum Gasteiger partial charge on any atom is 0.329 e. The first kappa shape index (κ1) is 11.5. The fourth-order valence-electron chi connectivity index (χ4n) is 2.08. The minimum absolute atomic E-state index is 0.417. The van der Waals surface area contributed by atoms with Crippen LogP contribution in [0.3, 0.4) is 0 Å². The molecule has 0 unspecified atom stereocenters. The van der Waals surface area contributed by atoms with Crippen LogP contribution < -0.4 is 5.32 Å². The number of rotatable bonds is 3. The summed E-state index contributed by atoms with van der Waals surface area (Å²) in [6.07, 6.45) is 2.05. The van der Waals surface area contributed by atoms with Gasteiger partial charge in [0, 0.05) is 7.05 Å². The van der Waals surface area contributed by atoms with Crippen molar-refractivity contribution in [2.24, 2.45) is 7.05 Å². The number of hydrogen-bond acceptors (Lipinski definition) is 4. The summed E-state index contributed by atoms with van der Waals surface area (Å²) >= 11 is 0. The van der Waals surface area contributed by atoms with Crippen molar-refractivity contribution < 1.29 is 9.90 Å². The number of nitriles is 1. The third-order valence-corrected chi connectivity index (χ3v) is 3.31. The van der Waals surface area contributed by atoms with E-state index in [-0.39, 0.29) is 0 Å². The number of carboxylic acids is 1. The zero-order valence-corrected chi connectivity index (χ0v) is 9.82. The summed E-state index contributed by atoms with van der Waals surface area (Å²) in [4.78, 5) is 11.3. The van der Waals surface area contributed by atoms with E-state index in [1.807, 2.05) is 0 Å². The standard InChI is InChI=1S/C11H14N4O2/c1-7-8(6-12)9(15(2)14-7)13-11(10(16)17)4-3-5-11/h13H,3-5H2,1-2H3,(H,16,17). The van der Waals surface area contributed by atoms with Gasteiger partial charge in [-0.2, -0.15) is 10.4 Å². The topological polar surface area (TPSA) is 90.9 Å². The summed E-state index contributed by atoms with van der Waals surface area (Å²) < 4.78 is 1.52. The van der Waals surface area contributed by atoms with Gasteiger partial charge in [-0.05, 0) is 26.2 Å². The average Bonchev–Trinajstić information content (AvgIpc) is 2.46. The van der Waals surface area contributed by atoms with Crippen LogP contribution >= 0.6 is 0 Å². The molecule has 90 valence electrons. The highest BCUT2D eigenvalue weighted by Crippen LogP contribution is 2.36. The molecule has 0 amide bonds. The van der Waals surface area contributed by atoms with Crippen molar-refractivity contribution in [1.82, 2.24) is 9.78 Å². The molecule has 1 aromatic rings. The fourth-order valence-corrected chi connectivity index (χ4v) is 2.08. The van der Waals surface area contributed by atoms with Crippen molar-refractivity contribution >= 4 is 11.8 Å². The molecule has 1 fully saturated rings. The summed E-state index contributed by atoms with van der Waals surface area (Å²) in [6.45, 7) is 1.73. The average molecular weight is 234 g/mol. The van der Waals surface area contributed by atoms with Crippen molar-refractivity contribution in [1.29, 1.82) is 5.26 Å². The zero-order valence-electron chi connectivity index (χ0n) is 9.82. The zero-order chi connectivity index (χ0) is 12.6. The molecule has 6 heteroatoms. The Morgan fingerprint density at radius 2 is 2.29 bits per heavy atom. The lowest BCUT2D eigenvalue weighted by atomic mass is 9.76. The summed E-state index contributed by atoms with van der Waals surface area (Å²) in [5, 5.41) is 25.4. The molecule has 0 aromatic carbocycles. The normalized spacial score (nSPS) is 17.0. The van der Waals surface area contributed by atoms with E-state index in [0.717, 1.165) is 6.42 Å². The molecule has 0 saturated heterocycles. The molecule has 0 aliphatic heterocycles. The van der Waals surface area contributed by atoms with Crippen LogP contribution in [0.1, 0.15) is 30.5 Å². The molecule has 1 aliphatic carbocycles.